The number of sulfonamides is 1. The van der Waals surface area contributed by atoms with Gasteiger partial charge in [0.1, 0.15) is 5.37 Å². The SMILES string of the molecule is NS(=O)(=O)C1CCCCN1C=O. The van der Waals surface area contributed by atoms with Gasteiger partial charge in [0.15, 0.2) is 0 Å². The van der Waals surface area contributed by atoms with Crippen molar-refractivity contribution in [3.63, 3.8) is 0 Å². The summed E-state index contributed by atoms with van der Waals surface area (Å²) in [5.41, 5.74) is 0. The molecular formula is C6H12N2O3S. The molecule has 0 aromatic carbocycles. The molecule has 5 nitrogen and oxygen atoms in total. The summed E-state index contributed by atoms with van der Waals surface area (Å²) in [6.45, 7) is 0.491. The molecule has 1 atom stereocenters. The third-order valence-electron chi connectivity index (χ3n) is 2.00. The van der Waals surface area contributed by atoms with Gasteiger partial charge in [0.25, 0.3) is 0 Å². The Balaban J connectivity index is 2.79. The zero-order valence-electron chi connectivity index (χ0n) is 6.64. The summed E-state index contributed by atoms with van der Waals surface area (Å²) < 4.78 is 21.9. The molecule has 0 aromatic rings. The summed E-state index contributed by atoms with van der Waals surface area (Å²) in [5, 5.41) is 4.15. The van der Waals surface area contributed by atoms with Crippen molar-refractivity contribution >= 4 is 16.4 Å². The second kappa shape index (κ2) is 3.40. The van der Waals surface area contributed by atoms with E-state index in [0.29, 0.717) is 19.4 Å². The largest absolute Gasteiger partial charge is 0.327 e. The molecule has 70 valence electrons. The van der Waals surface area contributed by atoms with E-state index in [2.05, 4.69) is 0 Å². The molecule has 1 heterocycles. The van der Waals surface area contributed by atoms with E-state index in [1.807, 2.05) is 0 Å². The lowest BCUT2D eigenvalue weighted by molar-refractivity contribution is -0.119. The number of piperidine rings is 1. The lowest BCUT2D eigenvalue weighted by Gasteiger charge is -2.30. The summed E-state index contributed by atoms with van der Waals surface area (Å²) >= 11 is 0. The maximum atomic E-state index is 10.9. The van der Waals surface area contributed by atoms with Gasteiger partial charge < -0.3 is 4.90 Å². The standard InChI is InChI=1S/C6H12N2O3S/c7-12(10,11)6-3-1-2-4-8(6)5-9/h5-6H,1-4H2,(H2,7,10,11). The van der Waals surface area contributed by atoms with Crippen molar-refractivity contribution in [2.75, 3.05) is 6.54 Å². The van der Waals surface area contributed by atoms with Gasteiger partial charge in [-0.2, -0.15) is 0 Å². The topological polar surface area (TPSA) is 80.5 Å². The van der Waals surface area contributed by atoms with Crippen molar-refractivity contribution in [1.82, 2.24) is 4.90 Å². The molecule has 0 aliphatic carbocycles. The van der Waals surface area contributed by atoms with Gasteiger partial charge in [-0.15, -0.1) is 0 Å². The van der Waals surface area contributed by atoms with E-state index in [0.717, 1.165) is 12.8 Å². The molecule has 12 heavy (non-hydrogen) atoms. The van der Waals surface area contributed by atoms with E-state index in [4.69, 9.17) is 5.14 Å². The third kappa shape index (κ3) is 1.95. The number of rotatable bonds is 2. The summed E-state index contributed by atoms with van der Waals surface area (Å²) in [6.07, 6.45) is 2.67. The lowest BCUT2D eigenvalue weighted by atomic mass is 10.1. The van der Waals surface area contributed by atoms with Crippen LogP contribution >= 0.6 is 0 Å². The predicted molar refractivity (Wildman–Crippen MR) is 43.5 cm³/mol. The van der Waals surface area contributed by atoms with Crippen LogP contribution in [-0.2, 0) is 14.8 Å². The van der Waals surface area contributed by atoms with E-state index in [9.17, 15) is 13.2 Å². The lowest BCUT2D eigenvalue weighted by Crippen LogP contribution is -2.46. The van der Waals surface area contributed by atoms with Gasteiger partial charge in [0, 0.05) is 6.54 Å². The van der Waals surface area contributed by atoms with Crippen LogP contribution in [0.1, 0.15) is 19.3 Å². The van der Waals surface area contributed by atoms with Crippen LogP contribution in [0.4, 0.5) is 0 Å². The molecule has 1 amide bonds. The van der Waals surface area contributed by atoms with Gasteiger partial charge in [-0.3, -0.25) is 4.79 Å². The maximum Gasteiger partial charge on any atom is 0.230 e. The van der Waals surface area contributed by atoms with Gasteiger partial charge >= 0.3 is 0 Å². The first-order chi connectivity index (χ1) is 5.55. The van der Waals surface area contributed by atoms with Gasteiger partial charge in [-0.25, -0.2) is 13.6 Å². The van der Waals surface area contributed by atoms with Crippen LogP contribution in [0, 0.1) is 0 Å². The Hall–Kier alpha value is -0.620. The number of hydrogen-bond acceptors (Lipinski definition) is 3. The van der Waals surface area contributed by atoms with E-state index in [1.165, 1.54) is 4.90 Å². The van der Waals surface area contributed by atoms with Crippen molar-refractivity contribution in [2.24, 2.45) is 5.14 Å². The van der Waals surface area contributed by atoms with Crippen molar-refractivity contribution in [1.29, 1.82) is 0 Å². The molecule has 1 rings (SSSR count). The second-order valence-corrected chi connectivity index (χ2v) is 4.60. The number of primary sulfonamides is 1. The highest BCUT2D eigenvalue weighted by atomic mass is 32.2. The first-order valence-electron chi connectivity index (χ1n) is 3.78. The summed E-state index contributed by atoms with van der Waals surface area (Å²) in [5.74, 6) is 0. The first kappa shape index (κ1) is 9.47. The normalized spacial score (nSPS) is 25.4. The zero-order chi connectivity index (χ0) is 9.19. The summed E-state index contributed by atoms with van der Waals surface area (Å²) in [6, 6.07) is 0. The number of nitrogens with two attached hydrogens (primary N) is 1. The van der Waals surface area contributed by atoms with E-state index >= 15 is 0 Å². The molecule has 6 heteroatoms. The number of carbonyl (C=O) groups is 1. The molecular weight excluding hydrogens is 180 g/mol. The van der Waals surface area contributed by atoms with Crippen molar-refractivity contribution < 1.29 is 13.2 Å². The fourth-order valence-electron chi connectivity index (χ4n) is 1.40. The van der Waals surface area contributed by atoms with Gasteiger partial charge in [0.05, 0.1) is 0 Å². The monoisotopic (exact) mass is 192 g/mol. The Kier molecular flexibility index (Phi) is 2.69. The smallest absolute Gasteiger partial charge is 0.230 e. The Morgan fingerprint density at radius 2 is 2.08 bits per heavy atom. The molecule has 0 aromatic heterocycles. The molecule has 0 radical (unpaired) electrons. The average molecular weight is 192 g/mol. The van der Waals surface area contributed by atoms with Crippen molar-refractivity contribution in [3.05, 3.63) is 0 Å². The highest BCUT2D eigenvalue weighted by Gasteiger charge is 2.29. The molecule has 1 aliphatic rings. The molecule has 2 N–H and O–H groups in total. The predicted octanol–water partition coefficient (Wildman–Crippen LogP) is -0.757. The molecule has 1 fully saturated rings. The minimum Gasteiger partial charge on any atom is -0.327 e. The number of hydrogen-bond donors (Lipinski definition) is 1. The Morgan fingerprint density at radius 3 is 2.50 bits per heavy atom. The summed E-state index contributed by atoms with van der Waals surface area (Å²) in [7, 11) is -3.59. The number of amides is 1. The van der Waals surface area contributed by atoms with Crippen LogP contribution < -0.4 is 5.14 Å². The molecule has 0 spiro atoms. The molecule has 0 bridgehead atoms. The van der Waals surface area contributed by atoms with Crippen LogP contribution in [0.5, 0.6) is 0 Å². The molecule has 1 unspecified atom stereocenters. The molecule has 1 aliphatic heterocycles. The minimum atomic E-state index is -3.59. The highest BCUT2D eigenvalue weighted by molar-refractivity contribution is 7.89. The molecule has 0 saturated carbocycles. The van der Waals surface area contributed by atoms with Crippen molar-refractivity contribution in [2.45, 2.75) is 24.6 Å². The van der Waals surface area contributed by atoms with E-state index in [1.54, 1.807) is 0 Å². The second-order valence-electron chi connectivity index (χ2n) is 2.88. The number of nitrogens with zero attached hydrogens (tertiary/aromatic N) is 1. The maximum absolute atomic E-state index is 10.9. The fourth-order valence-corrected chi connectivity index (χ4v) is 2.42. The fraction of sp³-hybridized carbons (Fsp3) is 0.833. The number of carbonyl (C=O) groups excluding carboxylic acids is 1. The Bertz CT molecular complexity index is 262. The van der Waals surface area contributed by atoms with Crippen molar-refractivity contribution in [3.8, 4) is 0 Å². The third-order valence-corrected chi connectivity index (χ3v) is 3.27. The van der Waals surface area contributed by atoms with E-state index < -0.39 is 15.4 Å². The average Bonchev–Trinajstić information content (AvgIpc) is 2.03. The highest BCUT2D eigenvalue weighted by Crippen LogP contribution is 2.17. The zero-order valence-corrected chi connectivity index (χ0v) is 7.46. The van der Waals surface area contributed by atoms with Crippen LogP contribution in [0.3, 0.4) is 0 Å². The minimum absolute atomic E-state index is 0.456. The Morgan fingerprint density at radius 1 is 1.42 bits per heavy atom. The van der Waals surface area contributed by atoms with E-state index in [-0.39, 0.29) is 0 Å². The van der Waals surface area contributed by atoms with Gasteiger partial charge in [-0.1, -0.05) is 0 Å². The quantitative estimate of drug-likeness (QED) is 0.584. The first-order valence-corrected chi connectivity index (χ1v) is 5.39. The van der Waals surface area contributed by atoms with Gasteiger partial charge in [0.2, 0.25) is 16.4 Å². The van der Waals surface area contributed by atoms with Gasteiger partial charge in [-0.05, 0) is 19.3 Å². The molecule has 1 saturated heterocycles. The summed E-state index contributed by atoms with van der Waals surface area (Å²) in [4.78, 5) is 11.7. The van der Waals surface area contributed by atoms with Crippen LogP contribution in [0.2, 0.25) is 0 Å². The van der Waals surface area contributed by atoms with Crippen LogP contribution in [-0.4, -0.2) is 31.6 Å². The van der Waals surface area contributed by atoms with Crippen LogP contribution in [0.15, 0.2) is 0 Å². The Labute approximate surface area is 71.6 Å². The number of likely N-dealkylation sites (tertiary alicyclic amines) is 1. The van der Waals surface area contributed by atoms with Crippen LogP contribution in [0.25, 0.3) is 0 Å².